The highest BCUT2D eigenvalue weighted by Gasteiger charge is 2.37. The Hall–Kier alpha value is -4.45. The molecule has 2 heterocycles. The van der Waals surface area contributed by atoms with Crippen LogP contribution < -0.4 is 9.91 Å². The summed E-state index contributed by atoms with van der Waals surface area (Å²) in [5.74, 6) is -1.06. The van der Waals surface area contributed by atoms with Crippen molar-refractivity contribution in [2.24, 2.45) is 11.0 Å². The zero-order chi connectivity index (χ0) is 27.8. The molecular formula is C34H33N3O3. The Morgan fingerprint density at radius 1 is 0.950 bits per heavy atom. The quantitative estimate of drug-likeness (QED) is 0.361. The van der Waals surface area contributed by atoms with Crippen LogP contribution in [0.2, 0.25) is 0 Å². The van der Waals surface area contributed by atoms with Gasteiger partial charge in [-0.05, 0) is 104 Å². The van der Waals surface area contributed by atoms with Crippen LogP contribution in [0.3, 0.4) is 0 Å². The lowest BCUT2D eigenvalue weighted by Crippen LogP contribution is -2.44. The average molecular weight is 532 g/mol. The van der Waals surface area contributed by atoms with E-state index >= 15 is 0 Å². The zero-order valence-corrected chi connectivity index (χ0v) is 22.9. The molecule has 1 aliphatic carbocycles. The summed E-state index contributed by atoms with van der Waals surface area (Å²) < 4.78 is 0. The second-order valence-corrected chi connectivity index (χ2v) is 11.1. The summed E-state index contributed by atoms with van der Waals surface area (Å²) in [4.78, 5) is 27.5. The maximum Gasteiger partial charge on any atom is 0.357 e. The fourth-order valence-corrected chi connectivity index (χ4v) is 6.48. The molecule has 40 heavy (non-hydrogen) atoms. The van der Waals surface area contributed by atoms with Crippen LogP contribution in [0.15, 0.2) is 89.6 Å². The molecule has 202 valence electrons. The summed E-state index contributed by atoms with van der Waals surface area (Å²) in [6.07, 6.45) is 11.3. The van der Waals surface area contributed by atoms with Gasteiger partial charge in [0.05, 0.1) is 11.3 Å². The third-order valence-electron chi connectivity index (χ3n) is 8.16. The standard InChI is InChI=1S/C34H33N3O3/c1-22-17-23(2)19-28(18-22)36-30-14-7-6-10-25(30)21-26-20-24(15-16-31(26)36)9-8-13-29-32(34(39)40)35-37(33(29)38)27-11-4-3-5-12-27/h3-5,8-9,11-13,15-20,25,30H,6-7,10,14,21H2,1-2H3,(H,39,40)/b9-8+,29-13-. The van der Waals surface area contributed by atoms with E-state index in [1.807, 2.05) is 12.1 Å². The van der Waals surface area contributed by atoms with Crippen molar-refractivity contribution in [3.63, 3.8) is 0 Å². The molecule has 6 rings (SSSR count). The Labute approximate surface area is 234 Å². The maximum absolute atomic E-state index is 13.0. The Balaban J connectivity index is 1.31. The van der Waals surface area contributed by atoms with E-state index in [2.05, 4.69) is 60.2 Å². The van der Waals surface area contributed by atoms with Crippen molar-refractivity contribution in [2.45, 2.75) is 52.0 Å². The van der Waals surface area contributed by atoms with Crippen LogP contribution in [0, 0.1) is 19.8 Å². The largest absolute Gasteiger partial charge is 0.476 e. The lowest BCUT2D eigenvalue weighted by atomic mass is 9.76. The number of amides is 1. The van der Waals surface area contributed by atoms with Gasteiger partial charge in [0.1, 0.15) is 0 Å². The minimum absolute atomic E-state index is 0.0663. The molecular weight excluding hydrogens is 498 g/mol. The molecule has 3 aromatic carbocycles. The monoisotopic (exact) mass is 531 g/mol. The van der Waals surface area contributed by atoms with E-state index < -0.39 is 11.9 Å². The highest BCUT2D eigenvalue weighted by Crippen LogP contribution is 2.45. The normalized spacial score (nSPS) is 21.5. The van der Waals surface area contributed by atoms with Gasteiger partial charge in [0.2, 0.25) is 0 Å². The van der Waals surface area contributed by atoms with Gasteiger partial charge in [0, 0.05) is 17.4 Å². The minimum Gasteiger partial charge on any atom is -0.476 e. The number of rotatable bonds is 5. The summed E-state index contributed by atoms with van der Waals surface area (Å²) in [7, 11) is 0. The molecule has 6 heteroatoms. The van der Waals surface area contributed by atoms with E-state index in [1.54, 1.807) is 36.4 Å². The number of aliphatic carboxylic acids is 1. The Bertz CT molecular complexity index is 1550. The van der Waals surface area contributed by atoms with Gasteiger partial charge < -0.3 is 10.0 Å². The molecule has 3 aromatic rings. The number of hydrogen-bond acceptors (Lipinski definition) is 4. The van der Waals surface area contributed by atoms with E-state index in [0.29, 0.717) is 17.6 Å². The van der Waals surface area contributed by atoms with Crippen LogP contribution in [-0.4, -0.2) is 28.7 Å². The third-order valence-corrected chi connectivity index (χ3v) is 8.16. The first-order valence-electron chi connectivity index (χ1n) is 14.0. The van der Waals surface area contributed by atoms with E-state index in [1.165, 1.54) is 53.7 Å². The molecule has 1 N–H and O–H groups in total. The number of carboxylic acids is 1. The number of carboxylic acid groups (broad SMARTS) is 1. The van der Waals surface area contributed by atoms with E-state index in [-0.39, 0.29) is 11.3 Å². The van der Waals surface area contributed by atoms with Crippen LogP contribution in [0.1, 0.15) is 47.9 Å². The summed E-state index contributed by atoms with van der Waals surface area (Å²) in [6.45, 7) is 4.33. The second-order valence-electron chi connectivity index (χ2n) is 11.1. The molecule has 0 aromatic heterocycles. The van der Waals surface area contributed by atoms with Gasteiger partial charge in [-0.1, -0.05) is 55.3 Å². The Morgan fingerprint density at radius 2 is 1.70 bits per heavy atom. The number of benzene rings is 3. The number of anilines is 3. The molecule has 2 aliphatic heterocycles. The van der Waals surface area contributed by atoms with Crippen molar-refractivity contribution in [1.82, 2.24) is 0 Å². The van der Waals surface area contributed by atoms with E-state index in [0.717, 1.165) is 17.0 Å². The second kappa shape index (κ2) is 10.6. The molecule has 2 atom stereocenters. The Morgan fingerprint density at radius 3 is 2.45 bits per heavy atom. The number of aryl methyl sites for hydroxylation is 2. The van der Waals surface area contributed by atoms with Gasteiger partial charge in [-0.15, -0.1) is 0 Å². The smallest absolute Gasteiger partial charge is 0.357 e. The van der Waals surface area contributed by atoms with Gasteiger partial charge >= 0.3 is 5.97 Å². The minimum atomic E-state index is -1.23. The number of fused-ring (bicyclic) bond motifs is 2. The molecule has 1 fully saturated rings. The number of allylic oxidation sites excluding steroid dienone is 2. The van der Waals surface area contributed by atoms with Gasteiger partial charge in [0.25, 0.3) is 5.91 Å². The SMILES string of the molecule is Cc1cc(C)cc(N2c3ccc(/C=C/C=C4\C(=O)N(c5ccccc5)N=C4C(=O)O)cc3CC3CCCCC32)c1. The van der Waals surface area contributed by atoms with Crippen LogP contribution >= 0.6 is 0 Å². The van der Waals surface area contributed by atoms with Crippen LogP contribution in [-0.2, 0) is 16.0 Å². The van der Waals surface area contributed by atoms with Crippen LogP contribution in [0.4, 0.5) is 17.1 Å². The number of nitrogens with zero attached hydrogens (tertiary/aromatic N) is 3. The van der Waals surface area contributed by atoms with Crippen molar-refractivity contribution in [1.29, 1.82) is 0 Å². The predicted molar refractivity (Wildman–Crippen MR) is 160 cm³/mol. The number of para-hydroxylation sites is 1. The number of carbonyl (C=O) groups is 2. The maximum atomic E-state index is 13.0. The van der Waals surface area contributed by atoms with E-state index in [9.17, 15) is 14.7 Å². The van der Waals surface area contributed by atoms with Gasteiger partial charge in [0.15, 0.2) is 5.71 Å². The molecule has 0 spiro atoms. The summed E-state index contributed by atoms with van der Waals surface area (Å²) >= 11 is 0. The van der Waals surface area contributed by atoms with Crippen LogP contribution in [0.5, 0.6) is 0 Å². The lowest BCUT2D eigenvalue weighted by Gasteiger charge is -2.46. The van der Waals surface area contributed by atoms with Gasteiger partial charge in [-0.3, -0.25) is 4.79 Å². The summed E-state index contributed by atoms with van der Waals surface area (Å²) in [5.41, 5.74) is 7.79. The first-order valence-corrected chi connectivity index (χ1v) is 14.0. The molecule has 0 saturated heterocycles. The van der Waals surface area contributed by atoms with E-state index in [4.69, 9.17) is 0 Å². The molecule has 1 amide bonds. The predicted octanol–water partition coefficient (Wildman–Crippen LogP) is 6.98. The van der Waals surface area contributed by atoms with Crippen molar-refractivity contribution in [3.05, 3.63) is 107 Å². The zero-order valence-electron chi connectivity index (χ0n) is 22.9. The van der Waals surface area contributed by atoms with Gasteiger partial charge in [-0.2, -0.15) is 10.1 Å². The summed E-state index contributed by atoms with van der Waals surface area (Å²) in [5, 5.41) is 14.9. The molecule has 1 saturated carbocycles. The summed E-state index contributed by atoms with van der Waals surface area (Å²) in [6, 6.07) is 22.8. The van der Waals surface area contributed by atoms with Gasteiger partial charge in [-0.25, -0.2) is 4.79 Å². The highest BCUT2D eigenvalue weighted by atomic mass is 16.4. The fraction of sp³-hybridized carbons (Fsp3) is 0.265. The topological polar surface area (TPSA) is 73.2 Å². The number of carbonyl (C=O) groups excluding carboxylic acids is 1. The molecule has 6 nitrogen and oxygen atoms in total. The Kier molecular flexibility index (Phi) is 6.84. The lowest BCUT2D eigenvalue weighted by molar-refractivity contribution is -0.129. The number of hydrogen-bond donors (Lipinski definition) is 1. The van der Waals surface area contributed by atoms with Crippen molar-refractivity contribution >= 4 is 40.7 Å². The van der Waals surface area contributed by atoms with Crippen molar-refractivity contribution < 1.29 is 14.7 Å². The molecule has 2 unspecified atom stereocenters. The molecule has 3 aliphatic rings. The first kappa shape index (κ1) is 25.8. The van der Waals surface area contributed by atoms with Crippen LogP contribution in [0.25, 0.3) is 6.08 Å². The average Bonchev–Trinajstić information content (AvgIpc) is 3.27. The third kappa shape index (κ3) is 4.86. The van der Waals surface area contributed by atoms with Crippen molar-refractivity contribution in [2.75, 3.05) is 9.91 Å². The first-order chi connectivity index (χ1) is 19.4. The molecule has 0 radical (unpaired) electrons. The highest BCUT2D eigenvalue weighted by molar-refractivity contribution is 6.52. The number of hydrazone groups is 1. The fourth-order valence-electron chi connectivity index (χ4n) is 6.48. The van der Waals surface area contributed by atoms with Crippen molar-refractivity contribution in [3.8, 4) is 0 Å². The molecule has 0 bridgehead atoms.